The van der Waals surface area contributed by atoms with Crippen LogP contribution in [0, 0.1) is 6.92 Å². The number of nitrogens with two attached hydrogens (primary N) is 1. The zero-order chi connectivity index (χ0) is 12.9. The van der Waals surface area contributed by atoms with Gasteiger partial charge in [0.05, 0.1) is 0 Å². The molecule has 0 aliphatic heterocycles. The van der Waals surface area contributed by atoms with Gasteiger partial charge >= 0.3 is 0 Å². The third-order valence-corrected chi connectivity index (χ3v) is 3.87. The summed E-state index contributed by atoms with van der Waals surface area (Å²) in [5.41, 5.74) is 5.36. The van der Waals surface area contributed by atoms with Crippen LogP contribution in [0.2, 0.25) is 0 Å². The minimum Gasteiger partial charge on any atom is -0.337 e. The Labute approximate surface area is 102 Å². The average molecular weight is 260 g/mol. The predicted molar refractivity (Wildman–Crippen MR) is 66.0 cm³/mol. The van der Waals surface area contributed by atoms with E-state index >= 15 is 0 Å². The van der Waals surface area contributed by atoms with Crippen LogP contribution >= 0.6 is 0 Å². The fourth-order valence-electron chi connectivity index (χ4n) is 1.38. The number of imidazole rings is 1. The van der Waals surface area contributed by atoms with E-state index in [1.165, 1.54) is 6.20 Å². The molecule has 0 fully saturated rings. The molecule has 17 heavy (non-hydrogen) atoms. The van der Waals surface area contributed by atoms with E-state index < -0.39 is 10.0 Å². The molecule has 98 valence electrons. The van der Waals surface area contributed by atoms with E-state index in [0.717, 1.165) is 19.3 Å². The Hall–Kier alpha value is -0.920. The average Bonchev–Trinajstić information content (AvgIpc) is 2.60. The standard InChI is InChI=1S/C10H20N4O2S/c1-9-13-10(8-14(9)2)17(15,16)12-7-5-3-4-6-11/h8,12H,3-7,11H2,1-2H3. The van der Waals surface area contributed by atoms with Crippen LogP contribution < -0.4 is 10.5 Å². The first kappa shape index (κ1) is 14.1. The molecule has 1 heterocycles. The minimum atomic E-state index is -3.46. The summed E-state index contributed by atoms with van der Waals surface area (Å²) in [6, 6.07) is 0. The fourth-order valence-corrected chi connectivity index (χ4v) is 2.49. The van der Waals surface area contributed by atoms with Crippen LogP contribution in [-0.4, -0.2) is 31.1 Å². The van der Waals surface area contributed by atoms with Crippen LogP contribution in [0.3, 0.4) is 0 Å². The van der Waals surface area contributed by atoms with E-state index in [-0.39, 0.29) is 5.03 Å². The molecule has 0 amide bonds. The highest BCUT2D eigenvalue weighted by molar-refractivity contribution is 7.89. The molecular formula is C10H20N4O2S. The third kappa shape index (κ3) is 4.10. The Morgan fingerprint density at radius 3 is 2.65 bits per heavy atom. The largest absolute Gasteiger partial charge is 0.337 e. The van der Waals surface area contributed by atoms with Crippen molar-refractivity contribution in [1.82, 2.24) is 14.3 Å². The molecule has 0 aromatic carbocycles. The van der Waals surface area contributed by atoms with Gasteiger partial charge in [-0.3, -0.25) is 0 Å². The van der Waals surface area contributed by atoms with Crippen LogP contribution in [0.1, 0.15) is 25.1 Å². The summed E-state index contributed by atoms with van der Waals surface area (Å²) < 4.78 is 27.9. The van der Waals surface area contributed by atoms with Gasteiger partial charge in [0.25, 0.3) is 10.0 Å². The van der Waals surface area contributed by atoms with E-state index in [2.05, 4.69) is 9.71 Å². The van der Waals surface area contributed by atoms with Crippen LogP contribution in [-0.2, 0) is 17.1 Å². The Morgan fingerprint density at radius 1 is 1.41 bits per heavy atom. The van der Waals surface area contributed by atoms with Gasteiger partial charge in [-0.25, -0.2) is 18.1 Å². The number of aryl methyl sites for hydroxylation is 2. The molecule has 7 heteroatoms. The summed E-state index contributed by atoms with van der Waals surface area (Å²) in [7, 11) is -1.70. The van der Waals surface area contributed by atoms with Crippen molar-refractivity contribution >= 4 is 10.0 Å². The molecule has 6 nitrogen and oxygen atoms in total. The molecule has 1 rings (SSSR count). The predicted octanol–water partition coefficient (Wildman–Crippen LogP) is 0.136. The first-order chi connectivity index (χ1) is 7.97. The number of sulfonamides is 1. The molecule has 0 aliphatic rings. The summed E-state index contributed by atoms with van der Waals surface area (Å²) >= 11 is 0. The topological polar surface area (TPSA) is 90.0 Å². The van der Waals surface area contributed by atoms with Gasteiger partial charge in [0.2, 0.25) is 0 Å². The van der Waals surface area contributed by atoms with Crippen LogP contribution in [0.25, 0.3) is 0 Å². The molecular weight excluding hydrogens is 240 g/mol. The Bertz CT molecular complexity index is 433. The van der Waals surface area contributed by atoms with Gasteiger partial charge in [0.15, 0.2) is 5.03 Å². The maximum Gasteiger partial charge on any atom is 0.259 e. The molecule has 0 unspecified atom stereocenters. The number of rotatable bonds is 7. The van der Waals surface area contributed by atoms with Gasteiger partial charge in [0.1, 0.15) is 5.82 Å². The smallest absolute Gasteiger partial charge is 0.259 e. The van der Waals surface area contributed by atoms with E-state index in [0.29, 0.717) is 18.9 Å². The summed E-state index contributed by atoms with van der Waals surface area (Å²) in [5.74, 6) is 0.675. The summed E-state index contributed by atoms with van der Waals surface area (Å²) in [6.07, 6.45) is 4.16. The first-order valence-electron chi connectivity index (χ1n) is 5.67. The quantitative estimate of drug-likeness (QED) is 0.682. The van der Waals surface area contributed by atoms with Crippen molar-refractivity contribution in [2.24, 2.45) is 12.8 Å². The van der Waals surface area contributed by atoms with Crippen molar-refractivity contribution in [1.29, 1.82) is 0 Å². The zero-order valence-electron chi connectivity index (χ0n) is 10.3. The maximum atomic E-state index is 11.8. The molecule has 1 aromatic heterocycles. The van der Waals surface area contributed by atoms with Crippen molar-refractivity contribution in [2.45, 2.75) is 31.2 Å². The van der Waals surface area contributed by atoms with E-state index in [4.69, 9.17) is 5.73 Å². The van der Waals surface area contributed by atoms with Crippen molar-refractivity contribution in [3.8, 4) is 0 Å². The van der Waals surface area contributed by atoms with Crippen molar-refractivity contribution in [3.05, 3.63) is 12.0 Å². The van der Waals surface area contributed by atoms with Crippen LogP contribution in [0.5, 0.6) is 0 Å². The van der Waals surface area contributed by atoms with E-state index in [1.807, 2.05) is 0 Å². The third-order valence-electron chi connectivity index (χ3n) is 2.53. The highest BCUT2D eigenvalue weighted by atomic mass is 32.2. The molecule has 0 aliphatic carbocycles. The van der Waals surface area contributed by atoms with E-state index in [1.54, 1.807) is 18.5 Å². The van der Waals surface area contributed by atoms with Crippen molar-refractivity contribution < 1.29 is 8.42 Å². The lowest BCUT2D eigenvalue weighted by Crippen LogP contribution is -2.25. The van der Waals surface area contributed by atoms with Gasteiger partial charge < -0.3 is 10.3 Å². The second kappa shape index (κ2) is 6.13. The number of unbranched alkanes of at least 4 members (excludes halogenated alkanes) is 2. The molecule has 0 atom stereocenters. The number of hydrogen-bond acceptors (Lipinski definition) is 4. The molecule has 0 saturated heterocycles. The summed E-state index contributed by atoms with van der Waals surface area (Å²) in [6.45, 7) is 2.84. The Kier molecular flexibility index (Phi) is 5.10. The molecule has 3 N–H and O–H groups in total. The lowest BCUT2D eigenvalue weighted by atomic mass is 10.2. The second-order valence-corrected chi connectivity index (χ2v) is 5.70. The minimum absolute atomic E-state index is 0.0799. The summed E-state index contributed by atoms with van der Waals surface area (Å²) in [5, 5.41) is 0.0799. The monoisotopic (exact) mass is 260 g/mol. The SMILES string of the molecule is Cc1nc(S(=O)(=O)NCCCCCN)cn1C. The molecule has 0 spiro atoms. The lowest BCUT2D eigenvalue weighted by molar-refractivity contribution is 0.571. The lowest BCUT2D eigenvalue weighted by Gasteiger charge is -2.03. The van der Waals surface area contributed by atoms with Crippen molar-refractivity contribution in [2.75, 3.05) is 13.1 Å². The van der Waals surface area contributed by atoms with Crippen molar-refractivity contribution in [3.63, 3.8) is 0 Å². The van der Waals surface area contributed by atoms with Gasteiger partial charge in [0, 0.05) is 19.8 Å². The highest BCUT2D eigenvalue weighted by Gasteiger charge is 2.17. The fraction of sp³-hybridized carbons (Fsp3) is 0.700. The number of nitrogens with zero attached hydrogens (tertiary/aromatic N) is 2. The molecule has 0 bridgehead atoms. The maximum absolute atomic E-state index is 11.8. The van der Waals surface area contributed by atoms with Gasteiger partial charge in [-0.1, -0.05) is 6.42 Å². The second-order valence-electron chi connectivity index (χ2n) is 3.98. The Morgan fingerprint density at radius 2 is 2.12 bits per heavy atom. The van der Waals surface area contributed by atoms with Crippen LogP contribution in [0.4, 0.5) is 0 Å². The van der Waals surface area contributed by atoms with Crippen LogP contribution in [0.15, 0.2) is 11.2 Å². The normalized spacial score (nSPS) is 11.9. The molecule has 0 radical (unpaired) electrons. The molecule has 0 saturated carbocycles. The van der Waals surface area contributed by atoms with Gasteiger partial charge in [-0.2, -0.15) is 0 Å². The molecule has 1 aromatic rings. The van der Waals surface area contributed by atoms with Gasteiger partial charge in [-0.05, 0) is 26.3 Å². The first-order valence-corrected chi connectivity index (χ1v) is 7.15. The van der Waals surface area contributed by atoms with E-state index in [9.17, 15) is 8.42 Å². The Balaban J connectivity index is 2.51. The highest BCUT2D eigenvalue weighted by Crippen LogP contribution is 2.07. The summed E-state index contributed by atoms with van der Waals surface area (Å²) in [4.78, 5) is 3.99. The number of nitrogens with one attached hydrogen (secondary N) is 1. The zero-order valence-corrected chi connectivity index (χ0v) is 11.1. The number of aromatic nitrogens is 2. The number of hydrogen-bond donors (Lipinski definition) is 2. The van der Waals surface area contributed by atoms with Gasteiger partial charge in [-0.15, -0.1) is 0 Å².